The molecule has 0 bridgehead atoms. The molecule has 285 valence electrons. The smallest absolute Gasteiger partial charge is 0.129 e. The summed E-state index contributed by atoms with van der Waals surface area (Å²) in [6.45, 7) is 4.04. The second-order valence-electron chi connectivity index (χ2n) is 12.6. The average Bonchev–Trinajstić information content (AvgIpc) is 3.90. The molecule has 2 aliphatic heterocycles. The molecular weight excluding hydrogens is 865 g/mol. The Hall–Kier alpha value is -6.01. The molecule has 0 aromatic heterocycles. The third kappa shape index (κ3) is 11.0. The van der Waals surface area contributed by atoms with Crippen LogP contribution in [-0.2, 0) is 20.1 Å². The predicted octanol–water partition coefficient (Wildman–Crippen LogP) is 11.9. The minimum Gasteiger partial charge on any atom is -0.500 e. The first-order valence-corrected chi connectivity index (χ1v) is 18.4. The zero-order valence-corrected chi connectivity index (χ0v) is 33.9. The summed E-state index contributed by atoms with van der Waals surface area (Å²) in [6, 6.07) is 61.4. The van der Waals surface area contributed by atoms with Gasteiger partial charge in [-0.3, -0.25) is 6.08 Å². The Kier molecular flexibility index (Phi) is 16.0. The summed E-state index contributed by atoms with van der Waals surface area (Å²) in [6.07, 6.45) is 14.5. The topological polar surface area (TPSA) is 37.7 Å². The average molecular weight is 911 g/mol. The molecule has 56 heavy (non-hydrogen) atoms. The van der Waals surface area contributed by atoms with Gasteiger partial charge in [-0.25, -0.2) is 0 Å². The minimum atomic E-state index is 0. The van der Waals surface area contributed by atoms with Crippen molar-refractivity contribution in [1.29, 1.82) is 0 Å². The van der Waals surface area contributed by atoms with E-state index in [0.717, 1.165) is 52.0 Å². The molecule has 0 unspecified atom stereocenters. The fourth-order valence-electron chi connectivity index (χ4n) is 6.00. The van der Waals surface area contributed by atoms with Crippen molar-refractivity contribution in [2.45, 2.75) is 25.7 Å². The fourth-order valence-corrected chi connectivity index (χ4v) is 6.00. The van der Waals surface area contributed by atoms with Gasteiger partial charge < -0.3 is 33.3 Å². The molecule has 0 saturated heterocycles. The number of hydrazone groups is 2. The van der Waals surface area contributed by atoms with E-state index >= 15 is 0 Å². The number of benzene rings is 6. The molecule has 3 aliphatic rings. The Morgan fingerprint density at radius 2 is 0.750 bits per heavy atom. The number of rotatable bonds is 6. The standard InChI is InChI=1S/2C20H16N3.C8H11.CH3.Ir/c2*1-4-10-17(11-5-1)20-21-23(19-14-8-3-9-15-19)16-22(20)18-12-6-2-7-13-18;1-2-4-6-8-7-5-3-1;;/h2*1-16H;1-2,7H,3-6H2;1H3;/q4*-1;/b;;2-1-;;. The molecule has 6 aromatic carbocycles. The van der Waals surface area contributed by atoms with Crippen LogP contribution in [0.3, 0.4) is 0 Å². The van der Waals surface area contributed by atoms with Gasteiger partial charge in [0.2, 0.25) is 0 Å². The normalized spacial score (nSPS) is 14.9. The van der Waals surface area contributed by atoms with Crippen LogP contribution in [0, 0.1) is 26.8 Å². The molecule has 0 saturated carbocycles. The van der Waals surface area contributed by atoms with E-state index in [-0.39, 0.29) is 27.5 Å². The largest absolute Gasteiger partial charge is 0.500 e. The Bertz CT molecular complexity index is 1960. The van der Waals surface area contributed by atoms with E-state index in [9.17, 15) is 0 Å². The zero-order valence-electron chi connectivity index (χ0n) is 31.6. The number of nitrogens with zero attached hydrogens (tertiary/aromatic N) is 6. The molecule has 2 heterocycles. The van der Waals surface area contributed by atoms with Crippen LogP contribution in [0.4, 0.5) is 22.7 Å². The molecule has 1 radical (unpaired) electrons. The first kappa shape index (κ1) is 41.2. The Labute approximate surface area is 346 Å². The van der Waals surface area contributed by atoms with Crippen LogP contribution in [0.1, 0.15) is 36.8 Å². The van der Waals surface area contributed by atoms with Gasteiger partial charge in [0.1, 0.15) is 11.7 Å². The van der Waals surface area contributed by atoms with Crippen molar-refractivity contribution < 1.29 is 20.1 Å². The number of amidine groups is 2. The quantitative estimate of drug-likeness (QED) is 0.123. The molecule has 9 rings (SSSR count). The van der Waals surface area contributed by atoms with Crippen LogP contribution >= 0.6 is 0 Å². The first-order valence-electron chi connectivity index (χ1n) is 18.4. The maximum absolute atomic E-state index is 4.81. The van der Waals surface area contributed by atoms with Crippen LogP contribution in [0.15, 0.2) is 210 Å². The van der Waals surface area contributed by atoms with Crippen molar-refractivity contribution in [3.63, 3.8) is 0 Å². The summed E-state index contributed by atoms with van der Waals surface area (Å²) in [5, 5.41) is 13.4. The molecule has 0 fully saturated rings. The Morgan fingerprint density at radius 1 is 0.411 bits per heavy atom. The fraction of sp³-hybridized carbons (Fsp3) is 0.0816. The van der Waals surface area contributed by atoms with Crippen molar-refractivity contribution in [1.82, 2.24) is 0 Å². The van der Waals surface area contributed by atoms with Gasteiger partial charge >= 0.3 is 0 Å². The van der Waals surface area contributed by atoms with Gasteiger partial charge in [-0.05, 0) is 55.0 Å². The second-order valence-corrected chi connectivity index (χ2v) is 12.6. The molecule has 7 heteroatoms. The van der Waals surface area contributed by atoms with Crippen molar-refractivity contribution in [3.8, 4) is 0 Å². The van der Waals surface area contributed by atoms with E-state index in [4.69, 9.17) is 10.2 Å². The summed E-state index contributed by atoms with van der Waals surface area (Å²) >= 11 is 0. The van der Waals surface area contributed by atoms with E-state index in [2.05, 4.69) is 107 Å². The van der Waals surface area contributed by atoms with Crippen LogP contribution in [0.2, 0.25) is 0 Å². The summed E-state index contributed by atoms with van der Waals surface area (Å²) in [4.78, 5) is 4.23. The number of allylic oxidation sites excluding steroid dienone is 4. The molecule has 1 aliphatic carbocycles. The van der Waals surface area contributed by atoms with Crippen LogP contribution in [0.25, 0.3) is 0 Å². The molecule has 0 atom stereocenters. The number of anilines is 4. The molecule has 0 amide bonds. The maximum atomic E-state index is 4.81. The molecule has 6 aromatic rings. The van der Waals surface area contributed by atoms with Crippen molar-refractivity contribution in [3.05, 3.63) is 238 Å². The van der Waals surface area contributed by atoms with E-state index in [1.165, 1.54) is 19.3 Å². The molecule has 6 nitrogen and oxygen atoms in total. The van der Waals surface area contributed by atoms with Gasteiger partial charge in [-0.2, -0.15) is 16.6 Å². The Morgan fingerprint density at radius 3 is 1.14 bits per heavy atom. The van der Waals surface area contributed by atoms with Gasteiger partial charge in [0.15, 0.2) is 0 Å². The van der Waals surface area contributed by atoms with E-state index in [0.29, 0.717) is 0 Å². The van der Waals surface area contributed by atoms with Gasteiger partial charge in [0, 0.05) is 54.0 Å². The summed E-state index contributed by atoms with van der Waals surface area (Å²) < 4.78 is 0. The molecular formula is C49H46IrN6-4. The van der Waals surface area contributed by atoms with E-state index in [1.54, 1.807) is 0 Å². The summed E-state index contributed by atoms with van der Waals surface area (Å²) in [5.74, 6) is 1.83. The predicted molar refractivity (Wildman–Crippen MR) is 232 cm³/mol. The van der Waals surface area contributed by atoms with Gasteiger partial charge in [0.25, 0.3) is 0 Å². The summed E-state index contributed by atoms with van der Waals surface area (Å²) in [7, 11) is 0. The minimum absolute atomic E-state index is 0. The number of hydrogen-bond donors (Lipinski definition) is 0. The van der Waals surface area contributed by atoms with Crippen molar-refractivity contribution in [2.24, 2.45) is 10.2 Å². The van der Waals surface area contributed by atoms with Crippen molar-refractivity contribution >= 4 is 34.4 Å². The SMILES string of the molecule is [C-]1=CCC/C=C\CC1.[CH3-].[Ir].c1ccc(C2=NN(c3ccccc3)[CH-]N2c2ccccc2)cc1.c1ccc(C2=NN(c3ccccc3)[CH-]N2c2ccccc2)cc1. The third-order valence-corrected chi connectivity index (χ3v) is 8.73. The Balaban J connectivity index is 0.000000174. The van der Waals surface area contributed by atoms with Crippen LogP contribution in [-0.4, -0.2) is 11.7 Å². The van der Waals surface area contributed by atoms with Crippen LogP contribution < -0.4 is 19.8 Å². The van der Waals surface area contributed by atoms with E-state index in [1.807, 2.05) is 133 Å². The van der Waals surface area contributed by atoms with Gasteiger partial charge in [-0.15, -0.1) is 13.3 Å². The van der Waals surface area contributed by atoms with E-state index < -0.39 is 0 Å². The zero-order chi connectivity index (χ0) is 36.6. The maximum Gasteiger partial charge on any atom is 0.129 e. The summed E-state index contributed by atoms with van der Waals surface area (Å²) in [5.41, 5.74) is 6.44. The number of para-hydroxylation sites is 4. The van der Waals surface area contributed by atoms with Gasteiger partial charge in [-0.1, -0.05) is 158 Å². The third-order valence-electron chi connectivity index (χ3n) is 8.73. The number of hydrogen-bond acceptors (Lipinski definition) is 6. The monoisotopic (exact) mass is 911 g/mol. The van der Waals surface area contributed by atoms with Crippen LogP contribution in [0.5, 0.6) is 0 Å². The first-order chi connectivity index (χ1) is 26.8. The van der Waals surface area contributed by atoms with Gasteiger partial charge in [0.05, 0.1) is 0 Å². The molecule has 0 spiro atoms. The van der Waals surface area contributed by atoms with Crippen molar-refractivity contribution in [2.75, 3.05) is 19.8 Å². The second kappa shape index (κ2) is 21.8. The molecule has 0 N–H and O–H groups in total.